The summed E-state index contributed by atoms with van der Waals surface area (Å²) in [5.74, 6) is 0.957. The average Bonchev–Trinajstić information content (AvgIpc) is 2.89. The fourth-order valence-corrected chi connectivity index (χ4v) is 5.99. The van der Waals surface area contributed by atoms with Crippen molar-refractivity contribution in [3.8, 4) is 23.0 Å². The molecule has 0 spiro atoms. The largest absolute Gasteiger partial charge is 0.507 e. The summed E-state index contributed by atoms with van der Waals surface area (Å²) in [7, 11) is 0. The van der Waals surface area contributed by atoms with Gasteiger partial charge in [0.1, 0.15) is 23.0 Å². The summed E-state index contributed by atoms with van der Waals surface area (Å²) < 4.78 is 0. The number of aryl methyl sites for hydroxylation is 4. The zero-order chi connectivity index (χ0) is 28.4. The Morgan fingerprint density at radius 2 is 0.872 bits per heavy atom. The summed E-state index contributed by atoms with van der Waals surface area (Å²) in [6, 6.07) is 15.5. The monoisotopic (exact) mass is 538 g/mol. The quantitative estimate of drug-likeness (QED) is 0.181. The van der Waals surface area contributed by atoms with E-state index in [0.29, 0.717) is 24.0 Å². The van der Waals surface area contributed by atoms with Crippen molar-refractivity contribution in [2.24, 2.45) is 0 Å². The molecule has 4 nitrogen and oxygen atoms in total. The van der Waals surface area contributed by atoms with Crippen LogP contribution in [0, 0.1) is 27.7 Å². The molecule has 4 rings (SSSR count). The molecule has 0 aromatic heterocycles. The Labute approximate surface area is 234 Å². The molecular formula is C34H34O4S. The van der Waals surface area contributed by atoms with Crippen LogP contribution in [0.1, 0.15) is 55.6 Å². The molecule has 4 aromatic rings. The Hall–Kier alpha value is -4.09. The van der Waals surface area contributed by atoms with Gasteiger partial charge in [-0.1, -0.05) is 61.3 Å². The number of rotatable bonds is 8. The molecular weight excluding hydrogens is 504 g/mol. The summed E-state index contributed by atoms with van der Waals surface area (Å²) >= 11 is 1.53. The van der Waals surface area contributed by atoms with Gasteiger partial charge >= 0.3 is 0 Å². The molecule has 4 aromatic carbocycles. The minimum absolute atomic E-state index is 0.189. The van der Waals surface area contributed by atoms with Gasteiger partial charge in [0.05, 0.1) is 0 Å². The van der Waals surface area contributed by atoms with Crippen LogP contribution in [-0.4, -0.2) is 20.4 Å². The first-order chi connectivity index (χ1) is 18.5. The average molecular weight is 539 g/mol. The lowest BCUT2D eigenvalue weighted by atomic mass is 9.97. The molecule has 5 heteroatoms. The predicted molar refractivity (Wildman–Crippen MR) is 161 cm³/mol. The van der Waals surface area contributed by atoms with Gasteiger partial charge in [-0.25, -0.2) is 0 Å². The van der Waals surface area contributed by atoms with E-state index in [1.54, 1.807) is 12.2 Å². The summed E-state index contributed by atoms with van der Waals surface area (Å²) in [6.07, 6.45) is 4.29. The third-order valence-electron chi connectivity index (χ3n) is 6.95. The molecule has 0 aliphatic heterocycles. The van der Waals surface area contributed by atoms with Gasteiger partial charge < -0.3 is 20.4 Å². The van der Waals surface area contributed by atoms with Gasteiger partial charge in [-0.2, -0.15) is 0 Å². The molecule has 0 radical (unpaired) electrons. The number of benzene rings is 4. The molecule has 200 valence electrons. The van der Waals surface area contributed by atoms with Crippen LogP contribution in [-0.2, 0) is 12.8 Å². The van der Waals surface area contributed by atoms with E-state index < -0.39 is 0 Å². The van der Waals surface area contributed by atoms with Gasteiger partial charge in [0.2, 0.25) is 0 Å². The Bertz CT molecular complexity index is 1430. The topological polar surface area (TPSA) is 80.9 Å². The van der Waals surface area contributed by atoms with Crippen molar-refractivity contribution < 1.29 is 20.4 Å². The highest BCUT2D eigenvalue weighted by molar-refractivity contribution is 7.99. The van der Waals surface area contributed by atoms with Gasteiger partial charge in [0.25, 0.3) is 0 Å². The van der Waals surface area contributed by atoms with Crippen molar-refractivity contribution in [1.82, 2.24) is 0 Å². The Kier molecular flexibility index (Phi) is 8.12. The van der Waals surface area contributed by atoms with Crippen LogP contribution >= 0.6 is 11.8 Å². The van der Waals surface area contributed by atoms with E-state index in [1.165, 1.54) is 11.8 Å². The Morgan fingerprint density at radius 3 is 1.18 bits per heavy atom. The highest BCUT2D eigenvalue weighted by Crippen LogP contribution is 2.39. The molecule has 0 bridgehead atoms. The number of hydrogen-bond acceptors (Lipinski definition) is 5. The molecule has 0 unspecified atom stereocenters. The predicted octanol–water partition coefficient (Wildman–Crippen LogP) is 8.36. The van der Waals surface area contributed by atoms with Crippen molar-refractivity contribution in [2.75, 3.05) is 0 Å². The number of hydrogen-bond donors (Lipinski definition) is 4. The van der Waals surface area contributed by atoms with Crippen LogP contribution in [0.2, 0.25) is 0 Å². The summed E-state index contributed by atoms with van der Waals surface area (Å²) in [5.41, 5.74) is 7.98. The van der Waals surface area contributed by atoms with Crippen LogP contribution in [0.5, 0.6) is 23.0 Å². The fraction of sp³-hybridized carbons (Fsp3) is 0.176. The minimum Gasteiger partial charge on any atom is -0.507 e. The van der Waals surface area contributed by atoms with Crippen molar-refractivity contribution in [1.29, 1.82) is 0 Å². The van der Waals surface area contributed by atoms with Gasteiger partial charge in [0, 0.05) is 33.8 Å². The zero-order valence-electron chi connectivity index (χ0n) is 22.8. The van der Waals surface area contributed by atoms with Crippen LogP contribution in [0.4, 0.5) is 0 Å². The van der Waals surface area contributed by atoms with Crippen molar-refractivity contribution in [3.05, 3.63) is 117 Å². The third kappa shape index (κ3) is 5.99. The smallest absolute Gasteiger partial charge is 0.126 e. The number of aromatic hydroxyl groups is 4. The van der Waals surface area contributed by atoms with Crippen LogP contribution in [0.25, 0.3) is 12.2 Å². The van der Waals surface area contributed by atoms with Gasteiger partial charge in [0.15, 0.2) is 0 Å². The summed E-state index contributed by atoms with van der Waals surface area (Å²) in [6.45, 7) is 15.2. The van der Waals surface area contributed by atoms with Crippen LogP contribution in [0.3, 0.4) is 0 Å². The van der Waals surface area contributed by atoms with E-state index in [2.05, 4.69) is 13.2 Å². The Balaban J connectivity index is 1.71. The van der Waals surface area contributed by atoms with E-state index >= 15 is 0 Å². The SMILES string of the molecule is C=Cc1cc(Sc2cc(C=C)c(O)c(Cc3cc(C)c(O)c(C)c3)c2)cc(Cc2cc(C)c(O)c(C)c2)c1O. The van der Waals surface area contributed by atoms with E-state index in [4.69, 9.17) is 0 Å². The van der Waals surface area contributed by atoms with Gasteiger partial charge in [-0.15, -0.1) is 0 Å². The first-order valence-corrected chi connectivity index (χ1v) is 13.5. The highest BCUT2D eigenvalue weighted by atomic mass is 32.2. The third-order valence-corrected chi connectivity index (χ3v) is 7.89. The first kappa shape index (κ1) is 27.9. The lowest BCUT2D eigenvalue weighted by Crippen LogP contribution is -1.95. The normalized spacial score (nSPS) is 11.0. The molecule has 0 fully saturated rings. The maximum Gasteiger partial charge on any atom is 0.126 e. The lowest BCUT2D eigenvalue weighted by molar-refractivity contribution is 0.465. The summed E-state index contributed by atoms with van der Waals surface area (Å²) in [5, 5.41) is 42.2. The zero-order valence-corrected chi connectivity index (χ0v) is 23.6. The van der Waals surface area contributed by atoms with Gasteiger partial charge in [-0.3, -0.25) is 0 Å². The van der Waals surface area contributed by atoms with Crippen molar-refractivity contribution in [3.63, 3.8) is 0 Å². The molecule has 0 saturated heterocycles. The summed E-state index contributed by atoms with van der Waals surface area (Å²) in [4.78, 5) is 1.85. The van der Waals surface area contributed by atoms with Gasteiger partial charge in [-0.05, 0) is 96.5 Å². The Morgan fingerprint density at radius 1 is 0.538 bits per heavy atom. The number of phenols is 4. The molecule has 0 atom stereocenters. The van der Waals surface area contributed by atoms with E-state index in [-0.39, 0.29) is 23.0 Å². The second kappa shape index (κ2) is 11.3. The maximum atomic E-state index is 10.9. The van der Waals surface area contributed by atoms with Crippen LogP contribution < -0.4 is 0 Å². The second-order valence-corrected chi connectivity index (χ2v) is 11.2. The standard InChI is InChI=1S/C34H34O4S/c1-7-25-15-29(17-27(33(25)37)13-23-9-19(3)31(35)20(4)10-23)39-30-16-26(8-2)34(38)28(18-30)14-24-11-21(5)32(36)22(6)12-24/h7-12,15-18,35-38H,1-2,13-14H2,3-6H3. The maximum absolute atomic E-state index is 10.9. The van der Waals surface area contributed by atoms with Crippen molar-refractivity contribution >= 4 is 23.9 Å². The lowest BCUT2D eigenvalue weighted by Gasteiger charge is -2.15. The molecule has 0 aliphatic carbocycles. The molecule has 0 saturated carbocycles. The van der Waals surface area contributed by atoms with E-state index in [9.17, 15) is 20.4 Å². The fourth-order valence-electron chi connectivity index (χ4n) is 4.95. The second-order valence-electron chi connectivity index (χ2n) is 10.1. The first-order valence-electron chi connectivity index (χ1n) is 12.7. The van der Waals surface area contributed by atoms with Crippen LogP contribution in [0.15, 0.2) is 71.5 Å². The molecule has 0 amide bonds. The van der Waals surface area contributed by atoms with E-state index in [1.807, 2.05) is 76.2 Å². The molecule has 0 aliphatic rings. The molecule has 39 heavy (non-hydrogen) atoms. The minimum atomic E-state index is 0.189. The highest BCUT2D eigenvalue weighted by Gasteiger charge is 2.15. The van der Waals surface area contributed by atoms with E-state index in [0.717, 1.165) is 54.3 Å². The van der Waals surface area contributed by atoms with Crippen molar-refractivity contribution in [2.45, 2.75) is 50.3 Å². The molecule has 4 N–H and O–H groups in total. The number of phenolic OH excluding ortho intramolecular Hbond substituents is 4. The molecule has 0 heterocycles.